The van der Waals surface area contributed by atoms with Gasteiger partial charge in [-0.1, -0.05) is 18.9 Å². The van der Waals surface area contributed by atoms with E-state index in [1.165, 1.54) is 6.07 Å². The fourth-order valence-corrected chi connectivity index (χ4v) is 1.35. The average molecular weight is 191 g/mol. The zero-order valence-electron chi connectivity index (χ0n) is 8.47. The molecule has 1 aromatic carbocycles. The molecule has 0 saturated carbocycles. The van der Waals surface area contributed by atoms with Crippen molar-refractivity contribution in [1.29, 1.82) is 0 Å². The Morgan fingerprint density at radius 1 is 1.57 bits per heavy atom. The fraction of sp³-hybridized carbons (Fsp3) is 0.333. The summed E-state index contributed by atoms with van der Waals surface area (Å²) in [5, 5.41) is 3.24. The molecule has 0 aliphatic carbocycles. The highest BCUT2D eigenvalue weighted by atomic mass is 19.1. The first-order chi connectivity index (χ1) is 6.69. The largest absolute Gasteiger partial charge is 0.310 e. The second-order valence-corrected chi connectivity index (χ2v) is 3.16. The summed E-state index contributed by atoms with van der Waals surface area (Å²) in [6.45, 7) is 4.93. The Bertz CT molecular complexity index is 352. The molecule has 0 spiro atoms. The lowest BCUT2D eigenvalue weighted by Gasteiger charge is -2.12. The predicted octanol–water partition coefficient (Wildman–Crippen LogP) is 2.48. The van der Waals surface area contributed by atoms with Crippen LogP contribution in [0.2, 0.25) is 0 Å². The number of halogens is 1. The van der Waals surface area contributed by atoms with Gasteiger partial charge in [0.25, 0.3) is 0 Å². The highest BCUT2D eigenvalue weighted by Crippen LogP contribution is 2.16. The van der Waals surface area contributed by atoms with Crippen molar-refractivity contribution in [2.75, 3.05) is 6.54 Å². The number of hydrogen-bond donors (Lipinski definition) is 1. The number of rotatable bonds is 3. The Balaban J connectivity index is 2.95. The first kappa shape index (κ1) is 10.7. The van der Waals surface area contributed by atoms with Gasteiger partial charge in [0.2, 0.25) is 0 Å². The third-order valence-electron chi connectivity index (χ3n) is 2.16. The maximum absolute atomic E-state index is 13.1. The van der Waals surface area contributed by atoms with E-state index in [2.05, 4.69) is 11.2 Å². The molecular formula is C12H14FN. The summed E-state index contributed by atoms with van der Waals surface area (Å²) in [4.78, 5) is 0. The second-order valence-electron chi connectivity index (χ2n) is 3.16. The van der Waals surface area contributed by atoms with Crippen molar-refractivity contribution in [2.24, 2.45) is 0 Å². The zero-order valence-corrected chi connectivity index (χ0v) is 8.47. The second kappa shape index (κ2) is 4.78. The van der Waals surface area contributed by atoms with Crippen LogP contribution in [0.3, 0.4) is 0 Å². The summed E-state index contributed by atoms with van der Waals surface area (Å²) in [5.74, 6) is 2.00. The van der Waals surface area contributed by atoms with Crippen molar-refractivity contribution >= 4 is 0 Å². The van der Waals surface area contributed by atoms with E-state index in [0.29, 0.717) is 5.56 Å². The van der Waals surface area contributed by atoms with Crippen molar-refractivity contribution in [3.8, 4) is 12.3 Å². The van der Waals surface area contributed by atoms with Crippen molar-refractivity contribution < 1.29 is 4.39 Å². The molecule has 0 saturated heterocycles. The average Bonchev–Trinajstić information content (AvgIpc) is 2.19. The summed E-state index contributed by atoms with van der Waals surface area (Å²) >= 11 is 0. The van der Waals surface area contributed by atoms with Crippen molar-refractivity contribution in [3.05, 3.63) is 35.1 Å². The minimum absolute atomic E-state index is 0.202. The molecule has 0 aromatic heterocycles. The lowest BCUT2D eigenvalue weighted by Crippen LogP contribution is -2.17. The monoisotopic (exact) mass is 191 g/mol. The van der Waals surface area contributed by atoms with E-state index >= 15 is 0 Å². The van der Waals surface area contributed by atoms with Gasteiger partial charge in [-0.2, -0.15) is 0 Å². The molecule has 0 amide bonds. The van der Waals surface area contributed by atoms with Gasteiger partial charge in [0.05, 0.1) is 5.56 Å². The Hall–Kier alpha value is -1.33. The van der Waals surface area contributed by atoms with Gasteiger partial charge in [-0.15, -0.1) is 6.42 Å². The predicted molar refractivity (Wildman–Crippen MR) is 56.4 cm³/mol. The summed E-state index contributed by atoms with van der Waals surface area (Å²) in [7, 11) is 0. The van der Waals surface area contributed by atoms with Crippen LogP contribution in [-0.4, -0.2) is 6.54 Å². The minimum atomic E-state index is -0.333. The van der Waals surface area contributed by atoms with Gasteiger partial charge in [0, 0.05) is 6.04 Å². The van der Waals surface area contributed by atoms with Crippen LogP contribution in [0.1, 0.15) is 31.0 Å². The maximum Gasteiger partial charge on any atom is 0.138 e. The molecule has 14 heavy (non-hydrogen) atoms. The topological polar surface area (TPSA) is 12.0 Å². The van der Waals surface area contributed by atoms with Crippen LogP contribution in [0.25, 0.3) is 0 Å². The fourth-order valence-electron chi connectivity index (χ4n) is 1.35. The molecule has 1 nitrogen and oxygen atoms in total. The van der Waals surface area contributed by atoms with Crippen LogP contribution in [-0.2, 0) is 0 Å². The standard InChI is InChI=1S/C12H14FN/c1-4-10-8-11(6-7-12(10)13)9(3)14-5-2/h1,6-9,14H,5H2,2-3H3. The summed E-state index contributed by atoms with van der Waals surface area (Å²) in [6.07, 6.45) is 5.18. The Morgan fingerprint density at radius 2 is 2.29 bits per heavy atom. The van der Waals surface area contributed by atoms with Crippen LogP contribution in [0.5, 0.6) is 0 Å². The van der Waals surface area contributed by atoms with Crippen LogP contribution >= 0.6 is 0 Å². The molecule has 1 N–H and O–H groups in total. The zero-order chi connectivity index (χ0) is 10.6. The van der Waals surface area contributed by atoms with Gasteiger partial charge in [0.1, 0.15) is 5.82 Å². The first-order valence-electron chi connectivity index (χ1n) is 4.68. The van der Waals surface area contributed by atoms with Gasteiger partial charge in [-0.05, 0) is 31.2 Å². The number of benzene rings is 1. The van der Waals surface area contributed by atoms with Crippen LogP contribution in [0.4, 0.5) is 4.39 Å². The molecule has 0 heterocycles. The Morgan fingerprint density at radius 3 is 2.86 bits per heavy atom. The third-order valence-corrected chi connectivity index (χ3v) is 2.16. The third kappa shape index (κ3) is 2.34. The van der Waals surface area contributed by atoms with Crippen LogP contribution in [0, 0.1) is 18.2 Å². The van der Waals surface area contributed by atoms with Gasteiger partial charge in [-0.25, -0.2) is 4.39 Å². The molecule has 74 valence electrons. The SMILES string of the molecule is C#Cc1cc(C(C)NCC)ccc1F. The van der Waals surface area contributed by atoms with Crippen molar-refractivity contribution in [3.63, 3.8) is 0 Å². The minimum Gasteiger partial charge on any atom is -0.310 e. The molecule has 0 radical (unpaired) electrons. The van der Waals surface area contributed by atoms with E-state index in [1.54, 1.807) is 12.1 Å². The highest BCUT2D eigenvalue weighted by Gasteiger charge is 2.06. The molecule has 1 aromatic rings. The van der Waals surface area contributed by atoms with E-state index in [1.807, 2.05) is 13.8 Å². The Labute approximate surface area is 84.3 Å². The number of terminal acetylenes is 1. The van der Waals surface area contributed by atoms with E-state index in [-0.39, 0.29) is 11.9 Å². The molecule has 0 aliphatic heterocycles. The molecule has 1 unspecified atom stereocenters. The lowest BCUT2D eigenvalue weighted by molar-refractivity contribution is 0.590. The van der Waals surface area contributed by atoms with Crippen LogP contribution < -0.4 is 5.32 Å². The molecule has 1 atom stereocenters. The smallest absolute Gasteiger partial charge is 0.138 e. The summed E-state index contributed by atoms with van der Waals surface area (Å²) < 4.78 is 13.1. The normalized spacial score (nSPS) is 12.1. The molecule has 1 rings (SSSR count). The van der Waals surface area contributed by atoms with Crippen molar-refractivity contribution in [2.45, 2.75) is 19.9 Å². The quantitative estimate of drug-likeness (QED) is 0.724. The van der Waals surface area contributed by atoms with E-state index in [4.69, 9.17) is 6.42 Å². The molecule has 2 heteroatoms. The maximum atomic E-state index is 13.1. The molecule has 0 aliphatic rings. The number of nitrogens with one attached hydrogen (secondary N) is 1. The number of hydrogen-bond acceptors (Lipinski definition) is 1. The van der Waals surface area contributed by atoms with Crippen LogP contribution in [0.15, 0.2) is 18.2 Å². The molecular weight excluding hydrogens is 177 g/mol. The van der Waals surface area contributed by atoms with E-state index < -0.39 is 0 Å². The van der Waals surface area contributed by atoms with Gasteiger partial charge in [-0.3, -0.25) is 0 Å². The van der Waals surface area contributed by atoms with Gasteiger partial charge in [0.15, 0.2) is 0 Å². The van der Waals surface area contributed by atoms with Crippen molar-refractivity contribution in [1.82, 2.24) is 5.32 Å². The molecule has 0 bridgehead atoms. The lowest BCUT2D eigenvalue weighted by atomic mass is 10.1. The van der Waals surface area contributed by atoms with E-state index in [9.17, 15) is 4.39 Å². The Kier molecular flexibility index (Phi) is 3.67. The molecule has 0 fully saturated rings. The highest BCUT2D eigenvalue weighted by molar-refractivity contribution is 5.37. The summed E-state index contributed by atoms with van der Waals surface area (Å²) in [6, 6.07) is 5.08. The van der Waals surface area contributed by atoms with E-state index in [0.717, 1.165) is 12.1 Å². The summed E-state index contributed by atoms with van der Waals surface area (Å²) in [5.41, 5.74) is 1.34. The van der Waals surface area contributed by atoms with Gasteiger partial charge >= 0.3 is 0 Å². The first-order valence-corrected chi connectivity index (χ1v) is 4.68. The van der Waals surface area contributed by atoms with Gasteiger partial charge < -0.3 is 5.32 Å².